The molecule has 0 bridgehead atoms. The van der Waals surface area contributed by atoms with Crippen LogP contribution in [0.1, 0.15) is 11.3 Å². The van der Waals surface area contributed by atoms with Crippen molar-refractivity contribution < 1.29 is 0 Å². The number of nitrogens with one attached hydrogen (secondary N) is 1. The third-order valence-electron chi connectivity index (χ3n) is 2.65. The highest BCUT2D eigenvalue weighted by atomic mass is 14.8. The van der Waals surface area contributed by atoms with E-state index in [2.05, 4.69) is 10.3 Å². The summed E-state index contributed by atoms with van der Waals surface area (Å²) in [6.07, 6.45) is 7.01. The molecule has 4 heteroatoms. The van der Waals surface area contributed by atoms with Crippen LogP contribution in [0, 0.1) is 22.7 Å². The van der Waals surface area contributed by atoms with Crippen LogP contribution in [0.4, 0.5) is 5.69 Å². The molecule has 1 N–H and O–H groups in total. The maximum Gasteiger partial charge on any atom is 0.145 e. The minimum absolute atomic E-state index is 0.0319. The van der Waals surface area contributed by atoms with Gasteiger partial charge in [-0.2, -0.15) is 10.5 Å². The molecule has 0 atom stereocenters. The largest absolute Gasteiger partial charge is 0.360 e. The van der Waals surface area contributed by atoms with E-state index < -0.39 is 0 Å². The van der Waals surface area contributed by atoms with E-state index >= 15 is 0 Å². The topological polar surface area (TPSA) is 72.5 Å². The first-order chi connectivity index (χ1) is 10.3. The number of allylic oxidation sites excluding steroid dienone is 1. The summed E-state index contributed by atoms with van der Waals surface area (Å²) in [5.41, 5.74) is 2.71. The van der Waals surface area contributed by atoms with Crippen molar-refractivity contribution in [1.29, 1.82) is 10.5 Å². The number of benzene rings is 1. The molecule has 0 fully saturated rings. The van der Waals surface area contributed by atoms with Gasteiger partial charge in [-0.1, -0.05) is 24.3 Å². The van der Waals surface area contributed by atoms with Gasteiger partial charge in [0.15, 0.2) is 0 Å². The SMILES string of the molecule is N#CC(C#N)=CNc1cccc(C=Cc2ccccn2)c1. The number of nitriles is 2. The smallest absolute Gasteiger partial charge is 0.145 e. The molecule has 21 heavy (non-hydrogen) atoms. The lowest BCUT2D eigenvalue weighted by atomic mass is 10.1. The van der Waals surface area contributed by atoms with Crippen LogP contribution in [0.2, 0.25) is 0 Å². The minimum Gasteiger partial charge on any atom is -0.360 e. The number of hydrogen-bond acceptors (Lipinski definition) is 4. The monoisotopic (exact) mass is 272 g/mol. The highest BCUT2D eigenvalue weighted by molar-refractivity contribution is 5.70. The van der Waals surface area contributed by atoms with Gasteiger partial charge in [-0.3, -0.25) is 4.98 Å². The summed E-state index contributed by atoms with van der Waals surface area (Å²) in [4.78, 5) is 4.21. The maximum absolute atomic E-state index is 8.67. The Bertz CT molecular complexity index is 730. The van der Waals surface area contributed by atoms with Gasteiger partial charge in [0.05, 0.1) is 5.69 Å². The quantitative estimate of drug-likeness (QED) is 0.863. The number of aromatic nitrogens is 1. The van der Waals surface area contributed by atoms with E-state index in [1.54, 1.807) is 18.3 Å². The first kappa shape index (κ1) is 14.0. The molecule has 0 amide bonds. The third kappa shape index (κ3) is 4.34. The van der Waals surface area contributed by atoms with Gasteiger partial charge in [-0.15, -0.1) is 0 Å². The Morgan fingerprint density at radius 3 is 2.62 bits per heavy atom. The summed E-state index contributed by atoms with van der Waals surface area (Å²) in [5.74, 6) is 0. The fourth-order valence-corrected chi connectivity index (χ4v) is 1.63. The average Bonchev–Trinajstić information content (AvgIpc) is 2.55. The van der Waals surface area contributed by atoms with Crippen molar-refractivity contribution in [2.75, 3.05) is 5.32 Å². The highest BCUT2D eigenvalue weighted by Crippen LogP contribution is 2.13. The van der Waals surface area contributed by atoms with Crippen LogP contribution in [-0.2, 0) is 0 Å². The Hall–Kier alpha value is -3.37. The summed E-state index contributed by atoms with van der Waals surface area (Å²) < 4.78 is 0. The van der Waals surface area contributed by atoms with Crippen LogP contribution < -0.4 is 5.32 Å². The molecule has 0 spiro atoms. The molecule has 2 rings (SSSR count). The maximum atomic E-state index is 8.67. The first-order valence-corrected chi connectivity index (χ1v) is 6.28. The van der Waals surface area contributed by atoms with Gasteiger partial charge >= 0.3 is 0 Å². The van der Waals surface area contributed by atoms with E-state index in [-0.39, 0.29) is 5.57 Å². The van der Waals surface area contributed by atoms with Crippen LogP contribution in [0.15, 0.2) is 60.4 Å². The Morgan fingerprint density at radius 2 is 1.90 bits per heavy atom. The van der Waals surface area contributed by atoms with Crippen LogP contribution in [-0.4, -0.2) is 4.98 Å². The van der Waals surface area contributed by atoms with Crippen molar-refractivity contribution >= 4 is 17.8 Å². The van der Waals surface area contributed by atoms with Gasteiger partial charge in [-0.05, 0) is 35.9 Å². The zero-order valence-corrected chi connectivity index (χ0v) is 11.2. The molecule has 0 aliphatic carbocycles. The molecule has 0 saturated carbocycles. The van der Waals surface area contributed by atoms with Crippen molar-refractivity contribution in [3.05, 3.63) is 71.7 Å². The summed E-state index contributed by atoms with van der Waals surface area (Å²) in [7, 11) is 0. The van der Waals surface area contributed by atoms with Gasteiger partial charge in [0, 0.05) is 18.1 Å². The van der Waals surface area contributed by atoms with E-state index in [1.807, 2.05) is 54.6 Å². The van der Waals surface area contributed by atoms with Crippen molar-refractivity contribution in [2.24, 2.45) is 0 Å². The Kier molecular flexibility index (Phi) is 4.87. The second-order valence-corrected chi connectivity index (χ2v) is 4.14. The van der Waals surface area contributed by atoms with E-state index in [0.717, 1.165) is 16.9 Å². The van der Waals surface area contributed by atoms with Crippen molar-refractivity contribution in [3.8, 4) is 12.1 Å². The van der Waals surface area contributed by atoms with E-state index in [0.29, 0.717) is 0 Å². The van der Waals surface area contributed by atoms with Crippen molar-refractivity contribution in [1.82, 2.24) is 4.98 Å². The van der Waals surface area contributed by atoms with Crippen LogP contribution in [0.25, 0.3) is 12.2 Å². The average molecular weight is 272 g/mol. The van der Waals surface area contributed by atoms with Crippen LogP contribution in [0.3, 0.4) is 0 Å². The first-order valence-electron chi connectivity index (χ1n) is 6.28. The molecule has 100 valence electrons. The second kappa shape index (κ2) is 7.28. The Labute approximate surface area is 123 Å². The van der Waals surface area contributed by atoms with Gasteiger partial charge < -0.3 is 5.32 Å². The van der Waals surface area contributed by atoms with Crippen LogP contribution in [0.5, 0.6) is 0 Å². The minimum atomic E-state index is 0.0319. The predicted molar refractivity (Wildman–Crippen MR) is 82.5 cm³/mol. The van der Waals surface area contributed by atoms with E-state index in [1.165, 1.54) is 6.20 Å². The van der Waals surface area contributed by atoms with Crippen molar-refractivity contribution in [3.63, 3.8) is 0 Å². The molecule has 0 aliphatic rings. The molecule has 1 heterocycles. The number of pyridine rings is 1. The van der Waals surface area contributed by atoms with Gasteiger partial charge in [0.2, 0.25) is 0 Å². The summed E-state index contributed by atoms with van der Waals surface area (Å²) in [6, 6.07) is 17.0. The Morgan fingerprint density at radius 1 is 1.05 bits per heavy atom. The number of anilines is 1. The number of rotatable bonds is 4. The second-order valence-electron chi connectivity index (χ2n) is 4.14. The lowest BCUT2D eigenvalue weighted by Gasteiger charge is -2.01. The van der Waals surface area contributed by atoms with Crippen molar-refractivity contribution in [2.45, 2.75) is 0 Å². The van der Waals surface area contributed by atoms with Crippen LogP contribution >= 0.6 is 0 Å². The molecule has 0 aliphatic heterocycles. The number of nitrogens with zero attached hydrogens (tertiary/aromatic N) is 3. The molecule has 0 radical (unpaired) electrons. The predicted octanol–water partition coefficient (Wildman–Crippen LogP) is 3.59. The standard InChI is InChI=1S/C17H12N4/c18-11-15(12-19)13-21-17-6-3-4-14(10-17)7-8-16-5-1-2-9-20-16/h1-10,13,21H. The molecule has 1 aromatic heterocycles. The van der Waals surface area contributed by atoms with E-state index in [4.69, 9.17) is 10.5 Å². The zero-order chi connectivity index (χ0) is 14.9. The highest BCUT2D eigenvalue weighted by Gasteiger charge is 1.94. The normalized spacial score (nSPS) is 9.62. The molecular formula is C17H12N4. The van der Waals surface area contributed by atoms with Gasteiger partial charge in [-0.25, -0.2) is 0 Å². The van der Waals surface area contributed by atoms with Gasteiger partial charge in [0.25, 0.3) is 0 Å². The molecule has 4 nitrogen and oxygen atoms in total. The van der Waals surface area contributed by atoms with Gasteiger partial charge in [0.1, 0.15) is 17.7 Å². The third-order valence-corrected chi connectivity index (χ3v) is 2.65. The summed E-state index contributed by atoms with van der Waals surface area (Å²) >= 11 is 0. The molecular weight excluding hydrogens is 260 g/mol. The molecule has 2 aromatic rings. The fourth-order valence-electron chi connectivity index (χ4n) is 1.63. The zero-order valence-electron chi connectivity index (χ0n) is 11.2. The Balaban J connectivity index is 2.12. The fraction of sp³-hybridized carbons (Fsp3) is 0. The lowest BCUT2D eigenvalue weighted by Crippen LogP contribution is -1.90. The lowest BCUT2D eigenvalue weighted by molar-refractivity contribution is 1.30. The molecule has 1 aromatic carbocycles. The van der Waals surface area contributed by atoms with E-state index in [9.17, 15) is 0 Å². The molecule has 0 unspecified atom stereocenters. The summed E-state index contributed by atoms with van der Waals surface area (Å²) in [5, 5.41) is 20.3. The molecule has 0 saturated heterocycles. The number of hydrogen-bond donors (Lipinski definition) is 1. The summed E-state index contributed by atoms with van der Waals surface area (Å²) in [6.45, 7) is 0.